The van der Waals surface area contributed by atoms with Crippen LogP contribution in [0.5, 0.6) is 0 Å². The number of piperidine rings is 1. The van der Waals surface area contributed by atoms with E-state index in [1.54, 1.807) is 6.20 Å². The number of hydrogen-bond acceptors (Lipinski definition) is 6. The highest BCUT2D eigenvalue weighted by molar-refractivity contribution is 7.88. The molecule has 0 bridgehead atoms. The van der Waals surface area contributed by atoms with E-state index in [0.29, 0.717) is 44.0 Å². The average molecular weight is 430 g/mol. The van der Waals surface area contributed by atoms with E-state index in [4.69, 9.17) is 0 Å². The Hall–Kier alpha value is -2.52. The normalized spacial score (nSPS) is 19.8. The number of amides is 1. The standard InChI is InChI=1S/C21H27N5O3S/c1-21(2)13-23-19(27)16-5-4-14(12-17(16)21)18-6-9-22-20(25-18)24-15-7-10-26(11-8-15)30(3,28)29/h4-6,9,12,15H,7-8,10-11,13H2,1-3H3,(H,23,27)(H,22,24,25). The van der Waals surface area contributed by atoms with Crippen molar-refractivity contribution in [1.82, 2.24) is 19.6 Å². The molecule has 0 atom stereocenters. The Kier molecular flexibility index (Phi) is 5.27. The van der Waals surface area contributed by atoms with Gasteiger partial charge in [-0.05, 0) is 36.6 Å². The Labute approximate surface area is 177 Å². The van der Waals surface area contributed by atoms with Crippen molar-refractivity contribution < 1.29 is 13.2 Å². The van der Waals surface area contributed by atoms with Crippen molar-refractivity contribution in [3.8, 4) is 11.3 Å². The molecule has 2 aliphatic rings. The number of rotatable bonds is 4. The number of carbonyl (C=O) groups is 1. The molecule has 0 spiro atoms. The fraction of sp³-hybridized carbons (Fsp3) is 0.476. The molecule has 4 rings (SSSR count). The summed E-state index contributed by atoms with van der Waals surface area (Å²) in [4.78, 5) is 21.2. The number of fused-ring (bicyclic) bond motifs is 1. The number of hydrogen-bond donors (Lipinski definition) is 2. The zero-order valence-electron chi connectivity index (χ0n) is 17.5. The van der Waals surface area contributed by atoms with Crippen LogP contribution >= 0.6 is 0 Å². The van der Waals surface area contributed by atoms with Crippen LogP contribution in [0.15, 0.2) is 30.5 Å². The van der Waals surface area contributed by atoms with Crippen LogP contribution in [-0.2, 0) is 15.4 Å². The van der Waals surface area contributed by atoms with Gasteiger partial charge in [-0.25, -0.2) is 22.7 Å². The van der Waals surface area contributed by atoms with Crippen LogP contribution in [0, 0.1) is 0 Å². The summed E-state index contributed by atoms with van der Waals surface area (Å²) >= 11 is 0. The van der Waals surface area contributed by atoms with Crippen LogP contribution in [0.2, 0.25) is 0 Å². The van der Waals surface area contributed by atoms with Crippen LogP contribution in [0.1, 0.15) is 42.6 Å². The van der Waals surface area contributed by atoms with E-state index < -0.39 is 10.0 Å². The third-order valence-corrected chi connectivity index (χ3v) is 7.19. The molecule has 2 aromatic rings. The Morgan fingerprint density at radius 2 is 1.93 bits per heavy atom. The number of nitrogens with zero attached hydrogens (tertiary/aromatic N) is 3. The molecule has 1 aromatic carbocycles. The first kappa shape index (κ1) is 20.7. The van der Waals surface area contributed by atoms with Crippen molar-refractivity contribution in [2.24, 2.45) is 0 Å². The highest BCUT2D eigenvalue weighted by atomic mass is 32.2. The molecule has 1 aromatic heterocycles. The monoisotopic (exact) mass is 429 g/mol. The zero-order valence-corrected chi connectivity index (χ0v) is 18.3. The minimum absolute atomic E-state index is 0.0404. The Balaban J connectivity index is 1.53. The molecule has 1 saturated heterocycles. The van der Waals surface area contributed by atoms with Gasteiger partial charge >= 0.3 is 0 Å². The summed E-state index contributed by atoms with van der Waals surface area (Å²) < 4.78 is 24.9. The molecule has 3 heterocycles. The molecule has 9 heteroatoms. The second-order valence-corrected chi connectivity index (χ2v) is 10.7. The lowest BCUT2D eigenvalue weighted by molar-refractivity contribution is 0.0930. The maximum atomic E-state index is 12.2. The number of sulfonamides is 1. The predicted octanol–water partition coefficient (Wildman–Crippen LogP) is 2.00. The van der Waals surface area contributed by atoms with Gasteiger partial charge in [-0.1, -0.05) is 19.9 Å². The van der Waals surface area contributed by atoms with Crippen molar-refractivity contribution in [3.63, 3.8) is 0 Å². The van der Waals surface area contributed by atoms with Gasteiger partial charge in [-0.3, -0.25) is 4.79 Å². The van der Waals surface area contributed by atoms with Crippen LogP contribution in [-0.4, -0.2) is 60.5 Å². The van der Waals surface area contributed by atoms with E-state index in [1.165, 1.54) is 10.6 Å². The predicted molar refractivity (Wildman–Crippen MR) is 116 cm³/mol. The first-order chi connectivity index (χ1) is 14.1. The van der Waals surface area contributed by atoms with Gasteiger partial charge in [0, 0.05) is 48.4 Å². The number of anilines is 1. The average Bonchev–Trinajstić information content (AvgIpc) is 2.71. The molecular weight excluding hydrogens is 402 g/mol. The molecule has 160 valence electrons. The van der Waals surface area contributed by atoms with Gasteiger partial charge in [0.1, 0.15) is 0 Å². The Morgan fingerprint density at radius 1 is 1.20 bits per heavy atom. The van der Waals surface area contributed by atoms with E-state index in [2.05, 4.69) is 34.4 Å². The van der Waals surface area contributed by atoms with Gasteiger partial charge in [-0.15, -0.1) is 0 Å². The molecule has 2 N–H and O–H groups in total. The van der Waals surface area contributed by atoms with Crippen molar-refractivity contribution in [3.05, 3.63) is 41.6 Å². The maximum Gasteiger partial charge on any atom is 0.251 e. The van der Waals surface area contributed by atoms with E-state index >= 15 is 0 Å². The maximum absolute atomic E-state index is 12.2. The van der Waals surface area contributed by atoms with Gasteiger partial charge in [-0.2, -0.15) is 0 Å². The van der Waals surface area contributed by atoms with E-state index in [0.717, 1.165) is 16.8 Å². The largest absolute Gasteiger partial charge is 0.351 e. The molecule has 8 nitrogen and oxygen atoms in total. The van der Waals surface area contributed by atoms with E-state index in [9.17, 15) is 13.2 Å². The number of benzene rings is 1. The molecule has 1 fully saturated rings. The molecular formula is C21H27N5O3S. The molecule has 2 aliphatic heterocycles. The minimum atomic E-state index is -3.14. The summed E-state index contributed by atoms with van der Waals surface area (Å²) in [5, 5.41) is 6.28. The molecule has 0 saturated carbocycles. The SMILES string of the molecule is CC1(C)CNC(=O)c2ccc(-c3ccnc(NC4CCN(S(C)(=O)=O)CC4)n3)cc21. The first-order valence-electron chi connectivity index (χ1n) is 10.1. The summed E-state index contributed by atoms with van der Waals surface area (Å²) in [6.45, 7) is 5.83. The number of carbonyl (C=O) groups excluding carboxylic acids is 1. The summed E-state index contributed by atoms with van der Waals surface area (Å²) in [5.74, 6) is 0.487. The van der Waals surface area contributed by atoms with Gasteiger partial charge < -0.3 is 10.6 Å². The molecule has 1 amide bonds. The van der Waals surface area contributed by atoms with Crippen LogP contribution in [0.4, 0.5) is 5.95 Å². The number of aromatic nitrogens is 2. The summed E-state index contributed by atoms with van der Waals surface area (Å²) in [5.41, 5.74) is 3.30. The topological polar surface area (TPSA) is 104 Å². The van der Waals surface area contributed by atoms with Gasteiger partial charge in [0.05, 0.1) is 11.9 Å². The van der Waals surface area contributed by atoms with Crippen molar-refractivity contribution in [2.75, 3.05) is 31.2 Å². The summed E-state index contributed by atoms with van der Waals surface area (Å²) in [6.07, 6.45) is 4.38. The van der Waals surface area contributed by atoms with E-state index in [-0.39, 0.29) is 17.4 Å². The van der Waals surface area contributed by atoms with Crippen LogP contribution < -0.4 is 10.6 Å². The third-order valence-electron chi connectivity index (χ3n) is 5.89. The van der Waals surface area contributed by atoms with Crippen molar-refractivity contribution in [1.29, 1.82) is 0 Å². The van der Waals surface area contributed by atoms with Gasteiger partial charge in [0.2, 0.25) is 16.0 Å². The highest BCUT2D eigenvalue weighted by Gasteiger charge is 2.31. The Morgan fingerprint density at radius 3 is 2.63 bits per heavy atom. The molecule has 0 unspecified atom stereocenters. The quantitative estimate of drug-likeness (QED) is 0.770. The minimum Gasteiger partial charge on any atom is -0.351 e. The first-order valence-corrected chi connectivity index (χ1v) is 12.0. The zero-order chi connectivity index (χ0) is 21.5. The molecule has 0 aliphatic carbocycles. The van der Waals surface area contributed by atoms with Gasteiger partial charge in [0.15, 0.2) is 0 Å². The van der Waals surface area contributed by atoms with Crippen molar-refractivity contribution in [2.45, 2.75) is 38.1 Å². The summed E-state index contributed by atoms with van der Waals surface area (Å²) in [6, 6.07) is 7.80. The van der Waals surface area contributed by atoms with Crippen LogP contribution in [0.25, 0.3) is 11.3 Å². The lowest BCUT2D eigenvalue weighted by Gasteiger charge is -2.32. The van der Waals surface area contributed by atoms with Crippen molar-refractivity contribution >= 4 is 21.9 Å². The second kappa shape index (κ2) is 7.63. The fourth-order valence-corrected chi connectivity index (χ4v) is 4.93. The highest BCUT2D eigenvalue weighted by Crippen LogP contribution is 2.33. The second-order valence-electron chi connectivity index (χ2n) is 8.67. The summed E-state index contributed by atoms with van der Waals surface area (Å²) in [7, 11) is -3.14. The molecule has 0 radical (unpaired) electrons. The van der Waals surface area contributed by atoms with E-state index in [1.807, 2.05) is 24.3 Å². The lowest BCUT2D eigenvalue weighted by Crippen LogP contribution is -2.43. The third kappa shape index (κ3) is 4.17. The fourth-order valence-electron chi connectivity index (χ4n) is 4.06. The Bertz CT molecular complexity index is 1080. The smallest absolute Gasteiger partial charge is 0.251 e. The van der Waals surface area contributed by atoms with Crippen LogP contribution in [0.3, 0.4) is 0 Å². The number of nitrogens with one attached hydrogen (secondary N) is 2. The lowest BCUT2D eigenvalue weighted by atomic mass is 9.78. The van der Waals surface area contributed by atoms with Gasteiger partial charge in [0.25, 0.3) is 5.91 Å². The molecule has 30 heavy (non-hydrogen) atoms.